The number of hydrogen-bond donors (Lipinski definition) is 0. The predicted molar refractivity (Wildman–Crippen MR) is 150 cm³/mol. The van der Waals surface area contributed by atoms with E-state index >= 15 is 0 Å². The molecule has 0 unspecified atom stereocenters. The van der Waals surface area contributed by atoms with Crippen molar-refractivity contribution in [2.75, 3.05) is 0 Å². The molecule has 0 nitrogen and oxygen atoms in total. The second-order valence-electron chi connectivity index (χ2n) is 3.84. The van der Waals surface area contributed by atoms with Crippen LogP contribution in [0, 0.1) is 5.92 Å². The van der Waals surface area contributed by atoms with Crippen LogP contribution in [0.1, 0.15) is 158 Å². The van der Waals surface area contributed by atoms with E-state index in [2.05, 4.69) is 34.6 Å². The zero-order chi connectivity index (χ0) is 25.8. The van der Waals surface area contributed by atoms with Crippen LogP contribution in [-0.4, -0.2) is 0 Å². The SMILES string of the molecule is CC.CC.CC.CC.CC.CC.CC=CC.CC=CC.CCC.CCC(C)C. The quantitative estimate of drug-likeness (QED) is 0.378. The van der Waals surface area contributed by atoms with Crippen LogP contribution in [0.3, 0.4) is 0 Å². The fraction of sp³-hybridized carbons (Fsp3) is 0.857. The number of allylic oxidation sites excluding steroid dienone is 4. The average molecular weight is 409 g/mol. The highest BCUT2D eigenvalue weighted by atomic mass is 13.9. The van der Waals surface area contributed by atoms with Gasteiger partial charge in [0, 0.05) is 0 Å². The third kappa shape index (κ3) is 1260. The molecular formula is C28H72. The van der Waals surface area contributed by atoms with Crippen molar-refractivity contribution in [1.29, 1.82) is 0 Å². The third-order valence-electron chi connectivity index (χ3n) is 1.48. The summed E-state index contributed by atoms with van der Waals surface area (Å²) in [4.78, 5) is 0. The molecular weight excluding hydrogens is 336 g/mol. The van der Waals surface area contributed by atoms with E-state index in [1.165, 1.54) is 12.8 Å². The fourth-order valence-electron chi connectivity index (χ4n) is 0. The molecule has 0 radical (unpaired) electrons. The summed E-state index contributed by atoms with van der Waals surface area (Å²) < 4.78 is 0. The van der Waals surface area contributed by atoms with Crippen molar-refractivity contribution in [3.8, 4) is 0 Å². The van der Waals surface area contributed by atoms with Gasteiger partial charge in [-0.1, -0.05) is 155 Å². The summed E-state index contributed by atoms with van der Waals surface area (Å²) in [5, 5.41) is 0. The standard InChI is InChI=1S/C5H12.2C4H8.C3H8.6C2H6/c1-4-5(2)3;2*1-3-4-2;1-3-2;6*1-2/h5H,4H2,1-3H3;2*3-4H,1-2H3;3H2,1-2H3;6*1-2H3. The molecule has 0 saturated heterocycles. The summed E-state index contributed by atoms with van der Waals surface area (Å²) in [5.41, 5.74) is 0. The largest absolute Gasteiger partial charge is 0.0919 e. The van der Waals surface area contributed by atoms with Gasteiger partial charge in [-0.2, -0.15) is 0 Å². The average Bonchev–Trinajstić information content (AvgIpc) is 2.82. The Labute approximate surface area is 188 Å². The molecule has 0 fully saturated rings. The second kappa shape index (κ2) is 239. The van der Waals surface area contributed by atoms with E-state index in [0.717, 1.165) is 5.92 Å². The van der Waals surface area contributed by atoms with Gasteiger partial charge in [-0.15, -0.1) is 0 Å². The Morgan fingerprint density at radius 2 is 0.500 bits per heavy atom. The summed E-state index contributed by atoms with van der Waals surface area (Å²) in [7, 11) is 0. The molecule has 28 heavy (non-hydrogen) atoms. The maximum atomic E-state index is 2.22. The molecule has 184 valence electrons. The molecule has 0 saturated carbocycles. The van der Waals surface area contributed by atoms with Gasteiger partial charge < -0.3 is 0 Å². The van der Waals surface area contributed by atoms with Crippen LogP contribution in [0.5, 0.6) is 0 Å². The van der Waals surface area contributed by atoms with Crippen LogP contribution >= 0.6 is 0 Å². The van der Waals surface area contributed by atoms with Crippen molar-refractivity contribution >= 4 is 0 Å². The van der Waals surface area contributed by atoms with Gasteiger partial charge in [0.15, 0.2) is 0 Å². The van der Waals surface area contributed by atoms with E-state index in [-0.39, 0.29) is 0 Å². The molecule has 0 bridgehead atoms. The zero-order valence-corrected chi connectivity index (χ0v) is 25.3. The second-order valence-corrected chi connectivity index (χ2v) is 3.84. The van der Waals surface area contributed by atoms with Gasteiger partial charge >= 0.3 is 0 Å². The lowest BCUT2D eigenvalue weighted by molar-refractivity contribution is 0.626. The van der Waals surface area contributed by atoms with E-state index in [4.69, 9.17) is 0 Å². The lowest BCUT2D eigenvalue weighted by atomic mass is 10.2. The van der Waals surface area contributed by atoms with E-state index in [1.807, 2.05) is 135 Å². The first-order valence-electron chi connectivity index (χ1n) is 12.7. The smallest absolute Gasteiger partial charge is 0.0470 e. The highest BCUT2D eigenvalue weighted by Crippen LogP contribution is 1.93. The van der Waals surface area contributed by atoms with Gasteiger partial charge in [-0.3, -0.25) is 0 Å². The maximum absolute atomic E-state index is 2.22. The maximum Gasteiger partial charge on any atom is -0.0470 e. The molecule has 0 aromatic rings. The Hall–Kier alpha value is -0.520. The summed E-state index contributed by atoms with van der Waals surface area (Å²) >= 11 is 0. The predicted octanol–water partition coefficient (Wildman–Crippen LogP) is 12.8. The van der Waals surface area contributed by atoms with Crippen molar-refractivity contribution in [3.05, 3.63) is 24.3 Å². The number of hydrogen-bond acceptors (Lipinski definition) is 0. The van der Waals surface area contributed by atoms with Crippen LogP contribution in [0.15, 0.2) is 24.3 Å². The van der Waals surface area contributed by atoms with Crippen LogP contribution in [0.25, 0.3) is 0 Å². The van der Waals surface area contributed by atoms with Crippen molar-refractivity contribution < 1.29 is 0 Å². The molecule has 0 aromatic carbocycles. The first kappa shape index (κ1) is 63.1. The first-order valence-corrected chi connectivity index (χ1v) is 12.7. The lowest BCUT2D eigenvalue weighted by Gasteiger charge is -1.90. The summed E-state index contributed by atoms with van der Waals surface area (Å²) in [6, 6.07) is 0. The Morgan fingerprint density at radius 3 is 0.500 bits per heavy atom. The lowest BCUT2D eigenvalue weighted by Crippen LogP contribution is -1.77. The molecule has 0 atom stereocenters. The molecule has 0 rings (SSSR count). The van der Waals surface area contributed by atoms with Gasteiger partial charge in [-0.25, -0.2) is 0 Å². The van der Waals surface area contributed by atoms with E-state index < -0.39 is 0 Å². The Balaban J connectivity index is -0.0000000165. The van der Waals surface area contributed by atoms with Gasteiger partial charge in [0.05, 0.1) is 0 Å². The molecule has 0 aromatic heterocycles. The molecule has 0 aliphatic heterocycles. The van der Waals surface area contributed by atoms with Gasteiger partial charge in [0.2, 0.25) is 0 Å². The minimum Gasteiger partial charge on any atom is -0.0919 e. The van der Waals surface area contributed by atoms with Crippen LogP contribution in [-0.2, 0) is 0 Å². The van der Waals surface area contributed by atoms with Crippen molar-refractivity contribution in [1.82, 2.24) is 0 Å². The summed E-state index contributed by atoms with van der Waals surface area (Å²) in [6.45, 7) is 42.9. The minimum atomic E-state index is 0.884. The van der Waals surface area contributed by atoms with E-state index in [1.54, 1.807) is 0 Å². The van der Waals surface area contributed by atoms with Crippen molar-refractivity contribution in [3.63, 3.8) is 0 Å². The van der Waals surface area contributed by atoms with Gasteiger partial charge in [-0.05, 0) is 33.6 Å². The van der Waals surface area contributed by atoms with E-state index in [0.29, 0.717) is 0 Å². The van der Waals surface area contributed by atoms with Crippen LogP contribution in [0.4, 0.5) is 0 Å². The molecule has 0 aliphatic carbocycles. The monoisotopic (exact) mass is 409 g/mol. The fourth-order valence-corrected chi connectivity index (χ4v) is 0. The minimum absolute atomic E-state index is 0.884. The highest BCUT2D eigenvalue weighted by Gasteiger charge is 1.80. The van der Waals surface area contributed by atoms with Crippen molar-refractivity contribution in [2.45, 2.75) is 158 Å². The highest BCUT2D eigenvalue weighted by molar-refractivity contribution is 4.68. The Kier molecular flexibility index (Phi) is 538. The molecule has 0 amide bonds. The zero-order valence-electron chi connectivity index (χ0n) is 25.3. The molecule has 0 aliphatic rings. The van der Waals surface area contributed by atoms with Gasteiger partial charge in [0.1, 0.15) is 0 Å². The Bertz CT molecular complexity index is 89.2. The number of rotatable bonds is 1. The molecule has 0 heteroatoms. The van der Waals surface area contributed by atoms with Crippen LogP contribution in [0.2, 0.25) is 0 Å². The third-order valence-corrected chi connectivity index (χ3v) is 1.48. The van der Waals surface area contributed by atoms with E-state index in [9.17, 15) is 0 Å². The normalized spacial score (nSPS) is 6.36. The molecule has 0 spiro atoms. The summed E-state index contributed by atoms with van der Waals surface area (Å²) in [6.07, 6.45) is 10.6. The van der Waals surface area contributed by atoms with Crippen LogP contribution < -0.4 is 0 Å². The first-order chi connectivity index (χ1) is 13.5. The van der Waals surface area contributed by atoms with Gasteiger partial charge in [0.25, 0.3) is 0 Å². The topological polar surface area (TPSA) is 0 Å². The molecule has 0 N–H and O–H groups in total. The van der Waals surface area contributed by atoms with Crippen molar-refractivity contribution in [2.24, 2.45) is 5.92 Å². The summed E-state index contributed by atoms with van der Waals surface area (Å²) in [5.74, 6) is 0.884. The molecule has 0 heterocycles. The Morgan fingerprint density at radius 1 is 0.429 bits per heavy atom.